The van der Waals surface area contributed by atoms with E-state index in [1.54, 1.807) is 12.3 Å². The number of fused-ring (bicyclic) bond motifs is 1. The van der Waals surface area contributed by atoms with E-state index in [9.17, 15) is 13.2 Å². The highest BCUT2D eigenvalue weighted by Gasteiger charge is 2.31. The first-order valence-electron chi connectivity index (χ1n) is 10.1. The zero-order chi connectivity index (χ0) is 22.0. The van der Waals surface area contributed by atoms with Crippen LogP contribution >= 0.6 is 0 Å². The molecule has 0 amide bonds. The smallest absolute Gasteiger partial charge is 0.416 e. The van der Waals surface area contributed by atoms with Crippen LogP contribution in [0.15, 0.2) is 85.4 Å². The molecule has 0 radical (unpaired) electrons. The number of hydrogen-bond acceptors (Lipinski definition) is 2. The molecule has 1 aliphatic heterocycles. The van der Waals surface area contributed by atoms with Crippen molar-refractivity contribution in [2.45, 2.75) is 32.6 Å². The third-order valence-electron chi connectivity index (χ3n) is 5.35. The number of allylic oxidation sites excluding steroid dienone is 1. The maximum atomic E-state index is 13.2. The molecule has 1 aromatic heterocycles. The van der Waals surface area contributed by atoms with Crippen molar-refractivity contribution >= 4 is 5.70 Å². The normalized spacial score (nSPS) is 15.3. The minimum atomic E-state index is -4.38. The summed E-state index contributed by atoms with van der Waals surface area (Å²) in [7, 11) is 0. The molecule has 0 saturated carbocycles. The summed E-state index contributed by atoms with van der Waals surface area (Å²) in [4.78, 5) is 1.91. The fraction of sp³-hybridized carbons (Fsp3) is 0.200. The van der Waals surface area contributed by atoms with Crippen molar-refractivity contribution in [1.82, 2.24) is 9.47 Å². The molecule has 3 aromatic rings. The molecule has 3 nitrogen and oxygen atoms in total. The van der Waals surface area contributed by atoms with E-state index in [1.807, 2.05) is 52.1 Å². The van der Waals surface area contributed by atoms with Gasteiger partial charge in [-0.1, -0.05) is 37.8 Å². The molecule has 160 valence electrons. The number of halogens is 3. The first kappa shape index (κ1) is 20.8. The Labute approximate surface area is 179 Å². The molecular weight excluding hydrogens is 401 g/mol. The molecule has 0 unspecified atom stereocenters. The van der Waals surface area contributed by atoms with Gasteiger partial charge in [-0.15, -0.1) is 0 Å². The van der Waals surface area contributed by atoms with Gasteiger partial charge in [-0.25, -0.2) is 0 Å². The van der Waals surface area contributed by atoms with Crippen molar-refractivity contribution in [3.8, 4) is 5.75 Å². The molecule has 0 saturated heterocycles. The van der Waals surface area contributed by atoms with Crippen molar-refractivity contribution in [3.05, 3.63) is 108 Å². The van der Waals surface area contributed by atoms with Crippen LogP contribution < -0.4 is 4.74 Å². The lowest BCUT2D eigenvalue weighted by Gasteiger charge is -2.34. The second-order valence-electron chi connectivity index (χ2n) is 7.49. The molecule has 1 aliphatic rings. The zero-order valence-corrected chi connectivity index (χ0v) is 17.2. The van der Waals surface area contributed by atoms with E-state index in [1.165, 1.54) is 17.7 Å². The lowest BCUT2D eigenvalue weighted by atomic mass is 10.1. The van der Waals surface area contributed by atoms with Gasteiger partial charge < -0.3 is 14.2 Å². The number of aryl methyl sites for hydroxylation is 1. The Balaban J connectivity index is 1.65. The highest BCUT2D eigenvalue weighted by Crippen LogP contribution is 2.34. The molecule has 4 rings (SSSR count). The van der Waals surface area contributed by atoms with Crippen LogP contribution in [-0.4, -0.2) is 9.47 Å². The molecule has 0 aliphatic carbocycles. The van der Waals surface area contributed by atoms with E-state index in [-0.39, 0.29) is 6.54 Å². The van der Waals surface area contributed by atoms with Crippen molar-refractivity contribution in [1.29, 1.82) is 0 Å². The van der Waals surface area contributed by atoms with Gasteiger partial charge in [-0.05, 0) is 53.9 Å². The second-order valence-corrected chi connectivity index (χ2v) is 7.49. The molecule has 2 aromatic carbocycles. The molecule has 0 N–H and O–H groups in total. The van der Waals surface area contributed by atoms with Gasteiger partial charge in [-0.2, -0.15) is 13.2 Å². The van der Waals surface area contributed by atoms with Gasteiger partial charge in [0.2, 0.25) is 0 Å². The molecule has 0 spiro atoms. The van der Waals surface area contributed by atoms with Gasteiger partial charge in [-0.3, -0.25) is 0 Å². The van der Waals surface area contributed by atoms with Crippen LogP contribution in [0.4, 0.5) is 13.2 Å². The average Bonchev–Trinajstić information content (AvgIpc) is 3.21. The lowest BCUT2D eigenvalue weighted by molar-refractivity contribution is -0.137. The zero-order valence-electron chi connectivity index (χ0n) is 17.2. The monoisotopic (exact) mass is 424 g/mol. The second kappa shape index (κ2) is 8.38. The SMILES string of the molecule is C=C1Cn2cccc2/C(=C\Oc2ccc(CC)cc2)N1Cc1cccc(C(F)(F)F)c1. The predicted molar refractivity (Wildman–Crippen MR) is 115 cm³/mol. The van der Waals surface area contributed by atoms with Crippen LogP contribution in [0.1, 0.15) is 29.3 Å². The summed E-state index contributed by atoms with van der Waals surface area (Å²) < 4.78 is 47.4. The highest BCUT2D eigenvalue weighted by molar-refractivity contribution is 5.64. The van der Waals surface area contributed by atoms with Gasteiger partial charge in [0.1, 0.15) is 17.7 Å². The molecule has 6 heteroatoms. The van der Waals surface area contributed by atoms with Crippen LogP contribution in [0.2, 0.25) is 0 Å². The van der Waals surface area contributed by atoms with Crippen LogP contribution in [0, 0.1) is 0 Å². The van der Waals surface area contributed by atoms with E-state index in [0.717, 1.165) is 29.6 Å². The number of ether oxygens (including phenoxy) is 1. The molecule has 31 heavy (non-hydrogen) atoms. The van der Waals surface area contributed by atoms with Crippen LogP contribution in [0.25, 0.3) is 5.70 Å². The number of rotatable bonds is 5. The van der Waals surface area contributed by atoms with E-state index in [4.69, 9.17) is 4.74 Å². The number of aromatic nitrogens is 1. The van der Waals surface area contributed by atoms with E-state index in [0.29, 0.717) is 17.9 Å². The maximum absolute atomic E-state index is 13.2. The third kappa shape index (κ3) is 4.53. The Morgan fingerprint density at radius 2 is 1.81 bits per heavy atom. The number of alkyl halides is 3. The summed E-state index contributed by atoms with van der Waals surface area (Å²) >= 11 is 0. The number of benzene rings is 2. The first-order valence-corrected chi connectivity index (χ1v) is 10.1. The molecule has 0 atom stereocenters. The van der Waals surface area contributed by atoms with E-state index in [2.05, 4.69) is 13.5 Å². The quantitative estimate of drug-likeness (QED) is 0.437. The molecular formula is C25H23F3N2O. The van der Waals surface area contributed by atoms with Gasteiger partial charge in [0, 0.05) is 18.4 Å². The van der Waals surface area contributed by atoms with E-state index < -0.39 is 11.7 Å². The standard InChI is InChI=1S/C25H23F3N2O/c1-3-19-9-11-22(12-10-19)31-17-24-23-8-5-13-29(23)15-18(2)30(24)16-20-6-4-7-21(14-20)25(26,27)28/h4-14,17H,2-3,15-16H2,1H3/b24-17+. The van der Waals surface area contributed by atoms with E-state index >= 15 is 0 Å². The van der Waals surface area contributed by atoms with Crippen molar-refractivity contribution in [2.75, 3.05) is 0 Å². The fourth-order valence-electron chi connectivity index (χ4n) is 3.65. The average molecular weight is 424 g/mol. The van der Waals surface area contributed by atoms with Crippen LogP contribution in [-0.2, 0) is 25.7 Å². The lowest BCUT2D eigenvalue weighted by Crippen LogP contribution is -2.30. The maximum Gasteiger partial charge on any atom is 0.416 e. The molecule has 0 bridgehead atoms. The Morgan fingerprint density at radius 1 is 1.03 bits per heavy atom. The number of nitrogens with zero attached hydrogens (tertiary/aromatic N) is 2. The van der Waals surface area contributed by atoms with Crippen molar-refractivity contribution in [3.63, 3.8) is 0 Å². The minimum absolute atomic E-state index is 0.262. The largest absolute Gasteiger partial charge is 0.463 e. The Bertz CT molecular complexity index is 1110. The van der Waals surface area contributed by atoms with Crippen molar-refractivity contribution in [2.24, 2.45) is 0 Å². The first-order chi connectivity index (χ1) is 14.8. The number of hydrogen-bond donors (Lipinski definition) is 0. The summed E-state index contributed by atoms with van der Waals surface area (Å²) in [5.74, 6) is 0.693. The molecule has 0 fully saturated rings. The Hall–Kier alpha value is -3.41. The van der Waals surface area contributed by atoms with Crippen LogP contribution in [0.3, 0.4) is 0 Å². The van der Waals surface area contributed by atoms with Crippen LogP contribution in [0.5, 0.6) is 5.75 Å². The summed E-state index contributed by atoms with van der Waals surface area (Å²) in [5, 5.41) is 0. The van der Waals surface area contributed by atoms with Gasteiger partial charge in [0.15, 0.2) is 0 Å². The van der Waals surface area contributed by atoms with Gasteiger partial charge in [0.25, 0.3) is 0 Å². The van der Waals surface area contributed by atoms with Gasteiger partial charge in [0.05, 0.1) is 17.8 Å². The van der Waals surface area contributed by atoms with Gasteiger partial charge >= 0.3 is 6.18 Å². The highest BCUT2D eigenvalue weighted by atomic mass is 19.4. The predicted octanol–water partition coefficient (Wildman–Crippen LogP) is 6.48. The molecule has 2 heterocycles. The summed E-state index contributed by atoms with van der Waals surface area (Å²) in [5.41, 5.74) is 3.55. The Kier molecular flexibility index (Phi) is 5.63. The fourth-order valence-corrected chi connectivity index (χ4v) is 3.65. The summed E-state index contributed by atoms with van der Waals surface area (Å²) in [6, 6.07) is 17.1. The minimum Gasteiger partial charge on any atom is -0.463 e. The summed E-state index contributed by atoms with van der Waals surface area (Å²) in [6.07, 6.45) is 0.159. The topological polar surface area (TPSA) is 17.4 Å². The third-order valence-corrected chi connectivity index (χ3v) is 5.35. The summed E-state index contributed by atoms with van der Waals surface area (Å²) in [6.45, 7) is 7.07. The van der Waals surface area contributed by atoms with Crippen molar-refractivity contribution < 1.29 is 17.9 Å². The Morgan fingerprint density at radius 3 is 2.52 bits per heavy atom.